The molecule has 0 spiro atoms. The van der Waals surface area contributed by atoms with Crippen molar-refractivity contribution in [1.29, 1.82) is 0 Å². The molecule has 0 aliphatic rings. The van der Waals surface area contributed by atoms with E-state index in [0.29, 0.717) is 17.4 Å². The second-order valence-electron chi connectivity index (χ2n) is 3.05. The maximum absolute atomic E-state index is 8.92. The SMILES string of the molecule is CCc1c(Cl)ncnc1NC(CO)CO. The number of rotatable bonds is 5. The van der Waals surface area contributed by atoms with Crippen LogP contribution < -0.4 is 5.32 Å². The quantitative estimate of drug-likeness (QED) is 0.642. The second kappa shape index (κ2) is 5.85. The van der Waals surface area contributed by atoms with Gasteiger partial charge in [-0.25, -0.2) is 9.97 Å². The van der Waals surface area contributed by atoms with Gasteiger partial charge >= 0.3 is 0 Å². The van der Waals surface area contributed by atoms with Crippen molar-refractivity contribution in [2.75, 3.05) is 18.5 Å². The smallest absolute Gasteiger partial charge is 0.137 e. The molecule has 1 rings (SSSR count). The van der Waals surface area contributed by atoms with E-state index in [4.69, 9.17) is 21.8 Å². The van der Waals surface area contributed by atoms with Crippen LogP contribution in [0.5, 0.6) is 0 Å². The largest absolute Gasteiger partial charge is 0.394 e. The monoisotopic (exact) mass is 231 g/mol. The standard InChI is InChI=1S/C9H14ClN3O2/c1-2-7-8(10)11-5-12-9(7)13-6(3-14)4-15/h5-6,14-15H,2-4H2,1H3,(H,11,12,13). The van der Waals surface area contributed by atoms with E-state index in [-0.39, 0.29) is 13.2 Å². The third kappa shape index (κ3) is 3.02. The van der Waals surface area contributed by atoms with Crippen molar-refractivity contribution >= 4 is 17.4 Å². The van der Waals surface area contributed by atoms with Crippen molar-refractivity contribution in [3.8, 4) is 0 Å². The average Bonchev–Trinajstić information content (AvgIpc) is 2.26. The molecule has 15 heavy (non-hydrogen) atoms. The average molecular weight is 232 g/mol. The lowest BCUT2D eigenvalue weighted by molar-refractivity contribution is 0.203. The fraction of sp³-hybridized carbons (Fsp3) is 0.556. The molecule has 0 bridgehead atoms. The molecule has 1 aromatic heterocycles. The summed E-state index contributed by atoms with van der Waals surface area (Å²) in [4.78, 5) is 7.88. The number of hydrogen-bond acceptors (Lipinski definition) is 5. The lowest BCUT2D eigenvalue weighted by Gasteiger charge is -2.16. The van der Waals surface area contributed by atoms with E-state index >= 15 is 0 Å². The molecule has 0 aliphatic heterocycles. The van der Waals surface area contributed by atoms with E-state index in [9.17, 15) is 0 Å². The van der Waals surface area contributed by atoms with Gasteiger partial charge in [-0.1, -0.05) is 18.5 Å². The minimum atomic E-state index is -0.429. The van der Waals surface area contributed by atoms with Crippen LogP contribution in [0.2, 0.25) is 5.15 Å². The highest BCUT2D eigenvalue weighted by molar-refractivity contribution is 6.30. The Kier molecular flexibility index (Phi) is 4.74. The number of anilines is 1. The number of nitrogens with zero attached hydrogens (tertiary/aromatic N) is 2. The van der Waals surface area contributed by atoms with Crippen LogP contribution in [0.3, 0.4) is 0 Å². The maximum Gasteiger partial charge on any atom is 0.137 e. The Labute approximate surface area is 93.1 Å². The van der Waals surface area contributed by atoms with Gasteiger partial charge < -0.3 is 15.5 Å². The molecule has 0 aromatic carbocycles. The van der Waals surface area contributed by atoms with E-state index < -0.39 is 6.04 Å². The highest BCUT2D eigenvalue weighted by Gasteiger charge is 2.11. The first-order chi connectivity index (χ1) is 7.22. The summed E-state index contributed by atoms with van der Waals surface area (Å²) < 4.78 is 0. The van der Waals surface area contributed by atoms with Gasteiger partial charge in [0.25, 0.3) is 0 Å². The molecular weight excluding hydrogens is 218 g/mol. The summed E-state index contributed by atoms with van der Waals surface area (Å²) in [6.45, 7) is 1.60. The number of halogens is 1. The first kappa shape index (κ1) is 12.2. The van der Waals surface area contributed by atoms with E-state index in [1.807, 2.05) is 6.92 Å². The van der Waals surface area contributed by atoms with Crippen LogP contribution in [0.4, 0.5) is 5.82 Å². The molecule has 0 atom stereocenters. The van der Waals surface area contributed by atoms with Crippen molar-refractivity contribution in [3.63, 3.8) is 0 Å². The first-order valence-electron chi connectivity index (χ1n) is 4.70. The fourth-order valence-electron chi connectivity index (χ4n) is 1.17. The Morgan fingerprint density at radius 3 is 2.60 bits per heavy atom. The van der Waals surface area contributed by atoms with Crippen molar-refractivity contribution in [3.05, 3.63) is 17.0 Å². The van der Waals surface area contributed by atoms with Gasteiger partial charge in [-0.15, -0.1) is 0 Å². The summed E-state index contributed by atoms with van der Waals surface area (Å²) in [7, 11) is 0. The van der Waals surface area contributed by atoms with Crippen molar-refractivity contribution < 1.29 is 10.2 Å². The van der Waals surface area contributed by atoms with Gasteiger partial charge in [0.2, 0.25) is 0 Å². The van der Waals surface area contributed by atoms with Gasteiger partial charge in [-0.05, 0) is 6.42 Å². The summed E-state index contributed by atoms with van der Waals surface area (Å²) in [6, 6.07) is -0.429. The Morgan fingerprint density at radius 1 is 1.40 bits per heavy atom. The molecule has 3 N–H and O–H groups in total. The van der Waals surface area contributed by atoms with Crippen LogP contribution in [0, 0.1) is 0 Å². The van der Waals surface area contributed by atoms with Gasteiger partial charge in [-0.2, -0.15) is 0 Å². The molecule has 0 unspecified atom stereocenters. The molecule has 84 valence electrons. The molecule has 5 nitrogen and oxygen atoms in total. The van der Waals surface area contributed by atoms with Crippen LogP contribution in [-0.2, 0) is 6.42 Å². The number of aliphatic hydroxyl groups excluding tert-OH is 2. The minimum absolute atomic E-state index is 0.165. The predicted molar refractivity (Wildman–Crippen MR) is 58.0 cm³/mol. The Bertz CT molecular complexity index is 318. The number of nitrogens with one attached hydrogen (secondary N) is 1. The first-order valence-corrected chi connectivity index (χ1v) is 5.08. The maximum atomic E-state index is 8.92. The summed E-state index contributed by atoms with van der Waals surface area (Å²) in [5, 5.41) is 21.1. The summed E-state index contributed by atoms with van der Waals surface area (Å²) >= 11 is 5.88. The van der Waals surface area contributed by atoms with Gasteiger partial charge in [0.1, 0.15) is 17.3 Å². The summed E-state index contributed by atoms with van der Waals surface area (Å²) in [5.74, 6) is 0.561. The minimum Gasteiger partial charge on any atom is -0.394 e. The molecule has 0 aliphatic carbocycles. The molecule has 6 heteroatoms. The number of hydrogen-bond donors (Lipinski definition) is 3. The molecular formula is C9H14ClN3O2. The summed E-state index contributed by atoms with van der Waals surface area (Å²) in [6.07, 6.45) is 2.03. The Morgan fingerprint density at radius 2 is 2.07 bits per heavy atom. The highest BCUT2D eigenvalue weighted by atomic mass is 35.5. The fourth-order valence-corrected chi connectivity index (χ4v) is 1.44. The van der Waals surface area contributed by atoms with Gasteiger partial charge in [0, 0.05) is 5.56 Å². The van der Waals surface area contributed by atoms with E-state index in [1.54, 1.807) is 0 Å². The normalized spacial score (nSPS) is 10.7. The van der Waals surface area contributed by atoms with Crippen LogP contribution in [0.15, 0.2) is 6.33 Å². The lowest BCUT2D eigenvalue weighted by Crippen LogP contribution is -2.28. The van der Waals surface area contributed by atoms with Crippen LogP contribution >= 0.6 is 11.6 Å². The van der Waals surface area contributed by atoms with Gasteiger partial charge in [0.15, 0.2) is 0 Å². The van der Waals surface area contributed by atoms with Gasteiger partial charge in [-0.3, -0.25) is 0 Å². The molecule has 1 heterocycles. The van der Waals surface area contributed by atoms with E-state index in [2.05, 4.69) is 15.3 Å². The molecule has 0 saturated carbocycles. The van der Waals surface area contributed by atoms with E-state index in [0.717, 1.165) is 5.56 Å². The summed E-state index contributed by atoms with van der Waals surface area (Å²) in [5.41, 5.74) is 0.783. The highest BCUT2D eigenvalue weighted by Crippen LogP contribution is 2.20. The third-order valence-electron chi connectivity index (χ3n) is 2.03. The van der Waals surface area contributed by atoms with Crippen molar-refractivity contribution in [1.82, 2.24) is 9.97 Å². The zero-order chi connectivity index (χ0) is 11.3. The molecule has 0 saturated heterocycles. The zero-order valence-electron chi connectivity index (χ0n) is 8.44. The zero-order valence-corrected chi connectivity index (χ0v) is 9.20. The third-order valence-corrected chi connectivity index (χ3v) is 2.35. The Hall–Kier alpha value is -0.910. The number of aromatic nitrogens is 2. The lowest BCUT2D eigenvalue weighted by atomic mass is 10.2. The Balaban J connectivity index is 2.88. The van der Waals surface area contributed by atoms with Crippen LogP contribution in [-0.4, -0.2) is 39.4 Å². The molecule has 1 aromatic rings. The number of aliphatic hydroxyl groups is 2. The topological polar surface area (TPSA) is 78.3 Å². The van der Waals surface area contributed by atoms with Crippen molar-refractivity contribution in [2.45, 2.75) is 19.4 Å². The second-order valence-corrected chi connectivity index (χ2v) is 3.41. The molecule has 0 amide bonds. The predicted octanol–water partition coefficient (Wildman–Crippen LogP) is 0.457. The van der Waals surface area contributed by atoms with Gasteiger partial charge in [0.05, 0.1) is 19.3 Å². The molecule has 0 radical (unpaired) electrons. The van der Waals surface area contributed by atoms with E-state index in [1.165, 1.54) is 6.33 Å². The van der Waals surface area contributed by atoms with Crippen LogP contribution in [0.1, 0.15) is 12.5 Å². The molecule has 0 fully saturated rings. The van der Waals surface area contributed by atoms with Crippen LogP contribution in [0.25, 0.3) is 0 Å². The van der Waals surface area contributed by atoms with Crippen molar-refractivity contribution in [2.24, 2.45) is 0 Å².